The predicted molar refractivity (Wildman–Crippen MR) is 62.6 cm³/mol. The SMILES string of the molecule is CC(C)(C(=O)O)c1cc(-c2ccccc2)no1. The van der Waals surface area contributed by atoms with Crippen molar-refractivity contribution in [1.29, 1.82) is 0 Å². The van der Waals surface area contributed by atoms with Crippen LogP contribution in [0.2, 0.25) is 0 Å². The van der Waals surface area contributed by atoms with Gasteiger partial charge in [0.1, 0.15) is 11.1 Å². The number of carboxylic acids is 1. The Morgan fingerprint density at radius 2 is 1.94 bits per heavy atom. The van der Waals surface area contributed by atoms with Gasteiger partial charge in [-0.15, -0.1) is 0 Å². The molecule has 4 heteroatoms. The minimum Gasteiger partial charge on any atom is -0.481 e. The molecule has 2 aromatic rings. The van der Waals surface area contributed by atoms with Crippen molar-refractivity contribution in [3.63, 3.8) is 0 Å². The van der Waals surface area contributed by atoms with E-state index in [1.54, 1.807) is 19.9 Å². The second-order valence-electron chi connectivity index (χ2n) is 4.37. The third-order valence-electron chi connectivity index (χ3n) is 2.73. The molecule has 0 atom stereocenters. The summed E-state index contributed by atoms with van der Waals surface area (Å²) in [5, 5.41) is 13.0. The minimum absolute atomic E-state index is 0.351. The van der Waals surface area contributed by atoms with Crippen LogP contribution in [0.15, 0.2) is 40.9 Å². The summed E-state index contributed by atoms with van der Waals surface area (Å²) < 4.78 is 5.11. The molecule has 1 heterocycles. The van der Waals surface area contributed by atoms with Gasteiger partial charge in [0.25, 0.3) is 0 Å². The van der Waals surface area contributed by atoms with E-state index in [-0.39, 0.29) is 0 Å². The number of aromatic nitrogens is 1. The van der Waals surface area contributed by atoms with E-state index in [4.69, 9.17) is 9.63 Å². The molecule has 2 rings (SSSR count). The predicted octanol–water partition coefficient (Wildman–Crippen LogP) is 2.70. The molecule has 17 heavy (non-hydrogen) atoms. The number of hydrogen-bond donors (Lipinski definition) is 1. The molecule has 1 aromatic carbocycles. The zero-order chi connectivity index (χ0) is 12.5. The fourth-order valence-electron chi connectivity index (χ4n) is 1.42. The Hall–Kier alpha value is -2.10. The monoisotopic (exact) mass is 231 g/mol. The quantitative estimate of drug-likeness (QED) is 0.882. The summed E-state index contributed by atoms with van der Waals surface area (Å²) >= 11 is 0. The first-order valence-corrected chi connectivity index (χ1v) is 5.28. The lowest BCUT2D eigenvalue weighted by Gasteiger charge is -2.13. The molecule has 0 aliphatic carbocycles. The summed E-state index contributed by atoms with van der Waals surface area (Å²) in [5.74, 6) is -0.586. The molecule has 0 bridgehead atoms. The second-order valence-corrected chi connectivity index (χ2v) is 4.37. The maximum Gasteiger partial charge on any atom is 0.316 e. The van der Waals surface area contributed by atoms with Crippen molar-refractivity contribution in [3.05, 3.63) is 42.2 Å². The molecule has 0 radical (unpaired) electrons. The summed E-state index contributed by atoms with van der Waals surface area (Å²) in [4.78, 5) is 11.1. The van der Waals surface area contributed by atoms with Crippen LogP contribution in [0.25, 0.3) is 11.3 Å². The average molecular weight is 231 g/mol. The van der Waals surface area contributed by atoms with E-state index in [1.165, 1.54) is 0 Å². The topological polar surface area (TPSA) is 63.3 Å². The third-order valence-corrected chi connectivity index (χ3v) is 2.73. The van der Waals surface area contributed by atoms with Gasteiger partial charge in [-0.25, -0.2) is 0 Å². The van der Waals surface area contributed by atoms with E-state index in [2.05, 4.69) is 5.16 Å². The van der Waals surface area contributed by atoms with Gasteiger partial charge in [-0.2, -0.15) is 0 Å². The molecule has 0 fully saturated rings. The first-order valence-electron chi connectivity index (χ1n) is 5.28. The largest absolute Gasteiger partial charge is 0.481 e. The normalized spacial score (nSPS) is 11.4. The number of carboxylic acid groups (broad SMARTS) is 1. The van der Waals surface area contributed by atoms with Gasteiger partial charge in [0.05, 0.1) is 0 Å². The fourth-order valence-corrected chi connectivity index (χ4v) is 1.42. The molecule has 88 valence electrons. The molecule has 0 unspecified atom stereocenters. The number of hydrogen-bond acceptors (Lipinski definition) is 3. The van der Waals surface area contributed by atoms with Crippen molar-refractivity contribution < 1.29 is 14.4 Å². The zero-order valence-corrected chi connectivity index (χ0v) is 9.68. The van der Waals surface area contributed by atoms with Gasteiger partial charge in [0, 0.05) is 11.6 Å². The van der Waals surface area contributed by atoms with E-state index in [0.717, 1.165) is 5.56 Å². The lowest BCUT2D eigenvalue weighted by Crippen LogP contribution is -2.27. The highest BCUT2D eigenvalue weighted by Crippen LogP contribution is 2.27. The molecular weight excluding hydrogens is 218 g/mol. The molecule has 0 amide bonds. The van der Waals surface area contributed by atoms with Crippen LogP contribution in [0.1, 0.15) is 19.6 Å². The Morgan fingerprint density at radius 1 is 1.29 bits per heavy atom. The Kier molecular flexibility index (Phi) is 2.71. The Balaban J connectivity index is 2.38. The fraction of sp³-hybridized carbons (Fsp3) is 0.231. The van der Waals surface area contributed by atoms with Gasteiger partial charge in [0.2, 0.25) is 0 Å². The second kappa shape index (κ2) is 4.05. The van der Waals surface area contributed by atoms with Crippen molar-refractivity contribution in [2.24, 2.45) is 0 Å². The lowest BCUT2D eigenvalue weighted by molar-refractivity contribution is -0.143. The molecule has 0 saturated heterocycles. The third kappa shape index (κ3) is 2.06. The first-order chi connectivity index (χ1) is 8.01. The first kappa shape index (κ1) is 11.4. The van der Waals surface area contributed by atoms with Crippen LogP contribution in [-0.2, 0) is 10.2 Å². The molecule has 1 aromatic heterocycles. The molecule has 0 spiro atoms. The Bertz CT molecular complexity index is 529. The van der Waals surface area contributed by atoms with Crippen LogP contribution in [0.5, 0.6) is 0 Å². The number of benzene rings is 1. The number of rotatable bonds is 3. The van der Waals surface area contributed by atoms with E-state index in [9.17, 15) is 4.79 Å². The minimum atomic E-state index is -1.07. The smallest absolute Gasteiger partial charge is 0.316 e. The number of aliphatic carboxylic acids is 1. The zero-order valence-electron chi connectivity index (χ0n) is 9.68. The van der Waals surface area contributed by atoms with Crippen LogP contribution in [0.4, 0.5) is 0 Å². The molecule has 0 aliphatic heterocycles. The van der Waals surface area contributed by atoms with Gasteiger partial charge < -0.3 is 9.63 Å². The van der Waals surface area contributed by atoms with Gasteiger partial charge in [-0.3, -0.25) is 4.79 Å². The highest BCUT2D eigenvalue weighted by Gasteiger charge is 2.34. The van der Waals surface area contributed by atoms with Crippen LogP contribution < -0.4 is 0 Å². The number of carbonyl (C=O) groups is 1. The van der Waals surface area contributed by atoms with Gasteiger partial charge >= 0.3 is 5.97 Å². The van der Waals surface area contributed by atoms with E-state index in [0.29, 0.717) is 11.5 Å². The van der Waals surface area contributed by atoms with Crippen molar-refractivity contribution in [3.8, 4) is 11.3 Å². The summed E-state index contributed by atoms with van der Waals surface area (Å²) in [7, 11) is 0. The van der Waals surface area contributed by atoms with Crippen LogP contribution in [0, 0.1) is 0 Å². The van der Waals surface area contributed by atoms with Gasteiger partial charge in [0.15, 0.2) is 5.76 Å². The van der Waals surface area contributed by atoms with Crippen molar-refractivity contribution in [1.82, 2.24) is 5.16 Å². The molecule has 4 nitrogen and oxygen atoms in total. The van der Waals surface area contributed by atoms with Crippen LogP contribution >= 0.6 is 0 Å². The van der Waals surface area contributed by atoms with E-state index >= 15 is 0 Å². The molecule has 0 saturated carbocycles. The van der Waals surface area contributed by atoms with Crippen molar-refractivity contribution in [2.45, 2.75) is 19.3 Å². The standard InChI is InChI=1S/C13H13NO3/c1-13(2,12(15)16)11-8-10(14-17-11)9-6-4-3-5-7-9/h3-8H,1-2H3,(H,15,16). The van der Waals surface area contributed by atoms with E-state index < -0.39 is 11.4 Å². The Labute approximate surface area is 98.9 Å². The van der Waals surface area contributed by atoms with Gasteiger partial charge in [-0.05, 0) is 13.8 Å². The summed E-state index contributed by atoms with van der Waals surface area (Å²) in [6.45, 7) is 3.18. The average Bonchev–Trinajstić information content (AvgIpc) is 2.80. The van der Waals surface area contributed by atoms with Crippen LogP contribution in [-0.4, -0.2) is 16.2 Å². The summed E-state index contributed by atoms with van der Waals surface area (Å²) in [5.41, 5.74) is 0.485. The Morgan fingerprint density at radius 3 is 2.53 bits per heavy atom. The summed E-state index contributed by atoms with van der Waals surface area (Å²) in [6.07, 6.45) is 0. The molecular formula is C13H13NO3. The highest BCUT2D eigenvalue weighted by molar-refractivity contribution is 5.79. The van der Waals surface area contributed by atoms with E-state index in [1.807, 2.05) is 30.3 Å². The maximum absolute atomic E-state index is 11.1. The lowest BCUT2D eigenvalue weighted by atomic mass is 9.90. The molecule has 0 aliphatic rings. The maximum atomic E-state index is 11.1. The van der Waals surface area contributed by atoms with Crippen LogP contribution in [0.3, 0.4) is 0 Å². The van der Waals surface area contributed by atoms with Crippen molar-refractivity contribution in [2.75, 3.05) is 0 Å². The highest BCUT2D eigenvalue weighted by atomic mass is 16.5. The van der Waals surface area contributed by atoms with Crippen molar-refractivity contribution >= 4 is 5.97 Å². The number of nitrogens with zero attached hydrogens (tertiary/aromatic N) is 1. The van der Waals surface area contributed by atoms with Gasteiger partial charge in [-0.1, -0.05) is 35.5 Å². The summed E-state index contributed by atoms with van der Waals surface area (Å²) in [6, 6.07) is 11.2. The molecule has 1 N–H and O–H groups in total.